The van der Waals surface area contributed by atoms with E-state index in [0.717, 1.165) is 30.7 Å². The molecule has 124 valence electrons. The first-order valence-electron chi connectivity index (χ1n) is 7.73. The van der Waals surface area contributed by atoms with Crippen LogP contribution in [0.5, 0.6) is 5.75 Å². The monoisotopic (exact) mass is 333 g/mol. The first kappa shape index (κ1) is 19.2. The molecular weight excluding hydrogens is 310 g/mol. The number of Topliss-reactive ketones (excluding diaryl/α,β-unsaturated/α-hetero) is 1. The average molecular weight is 334 g/mol. The highest BCUT2D eigenvalue weighted by molar-refractivity contribution is 6.00. The minimum Gasteiger partial charge on any atom is -0.497 e. The molecule has 3 nitrogen and oxygen atoms in total. The molecule has 1 N–H and O–H groups in total. The fraction of sp³-hybridized carbons (Fsp3) is 0.316. The molecule has 0 radical (unpaired) electrons. The second-order valence-electron chi connectivity index (χ2n) is 5.24. The molecule has 2 aromatic rings. The fourth-order valence-electron chi connectivity index (χ4n) is 2.35. The Balaban J connectivity index is 0.00000264. The Bertz CT molecular complexity index is 584. The van der Waals surface area contributed by atoms with E-state index in [2.05, 4.69) is 12.2 Å². The highest BCUT2D eigenvalue weighted by Gasteiger charge is 2.21. The van der Waals surface area contributed by atoms with Crippen molar-refractivity contribution in [3.63, 3.8) is 0 Å². The molecule has 0 saturated heterocycles. The van der Waals surface area contributed by atoms with E-state index >= 15 is 0 Å². The van der Waals surface area contributed by atoms with Gasteiger partial charge in [0.25, 0.3) is 0 Å². The van der Waals surface area contributed by atoms with Crippen LogP contribution in [-0.4, -0.2) is 19.4 Å². The summed E-state index contributed by atoms with van der Waals surface area (Å²) in [6.07, 6.45) is 2.16. The highest BCUT2D eigenvalue weighted by Crippen LogP contribution is 2.20. The number of hydrogen-bond donors (Lipinski definition) is 1. The molecule has 1 atom stereocenters. The number of carbonyl (C=O) groups excluding carboxylic acids is 1. The summed E-state index contributed by atoms with van der Waals surface area (Å²) in [5, 5.41) is 3.38. The average Bonchev–Trinajstić information content (AvgIpc) is 2.59. The lowest BCUT2D eigenvalue weighted by atomic mass is 9.97. The van der Waals surface area contributed by atoms with Gasteiger partial charge in [0.05, 0.1) is 13.2 Å². The van der Waals surface area contributed by atoms with Crippen molar-refractivity contribution in [1.29, 1.82) is 0 Å². The Morgan fingerprint density at radius 1 is 1.09 bits per heavy atom. The highest BCUT2D eigenvalue weighted by atomic mass is 35.5. The van der Waals surface area contributed by atoms with Crippen molar-refractivity contribution in [3.05, 3.63) is 65.7 Å². The van der Waals surface area contributed by atoms with E-state index < -0.39 is 0 Å². The summed E-state index contributed by atoms with van der Waals surface area (Å²) in [7, 11) is 1.62. The number of unbranched alkanes of at least 4 members (excludes halogenated alkanes) is 1. The van der Waals surface area contributed by atoms with Crippen LogP contribution in [0, 0.1) is 0 Å². The molecule has 0 aliphatic heterocycles. The SMILES string of the molecule is CCCCNC(C(=O)c1ccc(OC)cc1)c1ccccc1.Cl. The zero-order valence-electron chi connectivity index (χ0n) is 13.6. The molecule has 0 fully saturated rings. The van der Waals surface area contributed by atoms with Crippen molar-refractivity contribution in [1.82, 2.24) is 5.32 Å². The predicted octanol–water partition coefficient (Wildman–Crippen LogP) is 4.43. The topological polar surface area (TPSA) is 38.3 Å². The summed E-state index contributed by atoms with van der Waals surface area (Å²) in [6, 6.07) is 16.8. The zero-order valence-corrected chi connectivity index (χ0v) is 14.4. The van der Waals surface area contributed by atoms with Gasteiger partial charge in [0.2, 0.25) is 0 Å². The van der Waals surface area contributed by atoms with Gasteiger partial charge >= 0.3 is 0 Å². The van der Waals surface area contributed by atoms with Gasteiger partial charge in [0.15, 0.2) is 5.78 Å². The molecule has 0 aromatic heterocycles. The second-order valence-corrected chi connectivity index (χ2v) is 5.24. The largest absolute Gasteiger partial charge is 0.497 e. The van der Waals surface area contributed by atoms with E-state index in [0.29, 0.717) is 5.56 Å². The Hall–Kier alpha value is -1.84. The van der Waals surface area contributed by atoms with Crippen molar-refractivity contribution < 1.29 is 9.53 Å². The maximum atomic E-state index is 12.8. The molecule has 23 heavy (non-hydrogen) atoms. The van der Waals surface area contributed by atoms with Crippen molar-refractivity contribution >= 4 is 18.2 Å². The van der Waals surface area contributed by atoms with Gasteiger partial charge in [-0.15, -0.1) is 12.4 Å². The molecule has 0 aliphatic carbocycles. The molecule has 2 rings (SSSR count). The van der Waals surface area contributed by atoms with Gasteiger partial charge in [-0.2, -0.15) is 0 Å². The third-order valence-corrected chi connectivity index (χ3v) is 3.65. The van der Waals surface area contributed by atoms with Crippen molar-refractivity contribution in [2.45, 2.75) is 25.8 Å². The number of nitrogens with one attached hydrogen (secondary N) is 1. The van der Waals surface area contributed by atoms with Gasteiger partial charge in [0, 0.05) is 5.56 Å². The zero-order chi connectivity index (χ0) is 15.8. The Labute approximate surface area is 144 Å². The predicted molar refractivity (Wildman–Crippen MR) is 96.7 cm³/mol. The number of carbonyl (C=O) groups is 1. The number of benzene rings is 2. The van der Waals surface area contributed by atoms with Crippen LogP contribution in [0.3, 0.4) is 0 Å². The number of ketones is 1. The van der Waals surface area contributed by atoms with E-state index in [9.17, 15) is 4.79 Å². The third kappa shape index (κ3) is 5.38. The number of hydrogen-bond acceptors (Lipinski definition) is 3. The Morgan fingerprint density at radius 3 is 2.30 bits per heavy atom. The maximum Gasteiger partial charge on any atom is 0.184 e. The maximum absolute atomic E-state index is 12.8. The minimum absolute atomic E-state index is 0. The Morgan fingerprint density at radius 2 is 1.74 bits per heavy atom. The smallest absolute Gasteiger partial charge is 0.184 e. The molecule has 1 unspecified atom stereocenters. The van der Waals surface area contributed by atoms with Crippen molar-refractivity contribution in [3.8, 4) is 5.75 Å². The van der Waals surface area contributed by atoms with Crippen LogP contribution in [0.25, 0.3) is 0 Å². The van der Waals surface area contributed by atoms with Crippen LogP contribution >= 0.6 is 12.4 Å². The molecule has 4 heteroatoms. The lowest BCUT2D eigenvalue weighted by Gasteiger charge is -2.18. The van der Waals surface area contributed by atoms with Crippen LogP contribution in [0.2, 0.25) is 0 Å². The summed E-state index contributed by atoms with van der Waals surface area (Å²) in [6.45, 7) is 2.97. The van der Waals surface area contributed by atoms with Crippen LogP contribution < -0.4 is 10.1 Å². The molecule has 0 bridgehead atoms. The Kier molecular flexibility index (Phi) is 8.38. The molecule has 0 aliphatic rings. The fourth-order valence-corrected chi connectivity index (χ4v) is 2.35. The van der Waals surface area contributed by atoms with Crippen molar-refractivity contribution in [2.24, 2.45) is 0 Å². The van der Waals surface area contributed by atoms with Gasteiger partial charge in [0.1, 0.15) is 5.75 Å². The van der Waals surface area contributed by atoms with Gasteiger partial charge in [-0.05, 0) is 42.8 Å². The van der Waals surface area contributed by atoms with Crippen LogP contribution in [0.15, 0.2) is 54.6 Å². The third-order valence-electron chi connectivity index (χ3n) is 3.65. The summed E-state index contributed by atoms with van der Waals surface area (Å²) in [4.78, 5) is 12.8. The minimum atomic E-state index is -0.304. The van der Waals surface area contributed by atoms with E-state index in [1.54, 1.807) is 7.11 Å². The second kappa shape index (κ2) is 10.0. The number of methoxy groups -OCH3 is 1. The number of rotatable bonds is 8. The lowest BCUT2D eigenvalue weighted by molar-refractivity contribution is 0.0943. The molecule has 2 aromatic carbocycles. The van der Waals surface area contributed by atoms with Crippen LogP contribution in [0.1, 0.15) is 41.7 Å². The van der Waals surface area contributed by atoms with E-state index in [-0.39, 0.29) is 24.2 Å². The van der Waals surface area contributed by atoms with Crippen LogP contribution in [0.4, 0.5) is 0 Å². The summed E-state index contributed by atoms with van der Waals surface area (Å²) >= 11 is 0. The molecule has 0 amide bonds. The first-order chi connectivity index (χ1) is 10.8. The first-order valence-corrected chi connectivity index (χ1v) is 7.73. The summed E-state index contributed by atoms with van der Waals surface area (Å²) in [5.41, 5.74) is 1.69. The quantitative estimate of drug-likeness (QED) is 0.573. The van der Waals surface area contributed by atoms with Crippen LogP contribution in [-0.2, 0) is 0 Å². The van der Waals surface area contributed by atoms with Gasteiger partial charge in [-0.3, -0.25) is 4.79 Å². The van der Waals surface area contributed by atoms with E-state index in [1.807, 2.05) is 54.6 Å². The lowest BCUT2D eigenvalue weighted by Crippen LogP contribution is -2.29. The van der Waals surface area contributed by atoms with Gasteiger partial charge in [-0.25, -0.2) is 0 Å². The van der Waals surface area contributed by atoms with Gasteiger partial charge < -0.3 is 10.1 Å². The standard InChI is InChI=1S/C19H23NO2.ClH/c1-3-4-14-20-18(15-8-6-5-7-9-15)19(21)16-10-12-17(22-2)13-11-16;/h5-13,18,20H,3-4,14H2,1-2H3;1H. The molecule has 0 heterocycles. The number of ether oxygens (including phenoxy) is 1. The normalized spacial score (nSPS) is 11.4. The van der Waals surface area contributed by atoms with E-state index in [1.165, 1.54) is 0 Å². The van der Waals surface area contributed by atoms with Gasteiger partial charge in [-0.1, -0.05) is 43.7 Å². The molecule has 0 spiro atoms. The van der Waals surface area contributed by atoms with Crippen molar-refractivity contribution in [2.75, 3.05) is 13.7 Å². The number of halogens is 1. The van der Waals surface area contributed by atoms with E-state index in [4.69, 9.17) is 4.74 Å². The summed E-state index contributed by atoms with van der Waals surface area (Å²) < 4.78 is 5.15. The molecular formula is C19H24ClNO2. The molecule has 0 saturated carbocycles. The summed E-state index contributed by atoms with van der Waals surface area (Å²) in [5.74, 6) is 0.844.